The number of carbonyl (C=O) groups excluding carboxylic acids is 2. The topological polar surface area (TPSA) is 70.7 Å². The average Bonchev–Trinajstić information content (AvgIpc) is 2.45. The number of hydrogen-bond acceptors (Lipinski definition) is 4. The second kappa shape index (κ2) is 9.11. The Morgan fingerprint density at radius 3 is 2.61 bits per heavy atom. The number of ether oxygens (including phenoxy) is 1. The highest BCUT2D eigenvalue weighted by Crippen LogP contribution is 2.23. The predicted octanol–water partition coefficient (Wildman–Crippen LogP) is 2.28. The van der Waals surface area contributed by atoms with Crippen LogP contribution >= 0.6 is 0 Å². The van der Waals surface area contributed by atoms with Gasteiger partial charge in [0.1, 0.15) is 5.60 Å². The second-order valence-corrected chi connectivity index (χ2v) is 7.34. The third kappa shape index (κ3) is 7.68. The van der Waals surface area contributed by atoms with Crippen molar-refractivity contribution in [2.24, 2.45) is 0 Å². The minimum absolute atomic E-state index is 0.0396. The van der Waals surface area contributed by atoms with E-state index in [0.717, 1.165) is 32.2 Å². The molecule has 1 heterocycles. The normalized spacial score (nSPS) is 20.0. The van der Waals surface area contributed by atoms with Crippen molar-refractivity contribution in [3.63, 3.8) is 0 Å². The Kier molecular flexibility index (Phi) is 7.82. The Balaban J connectivity index is 2.47. The van der Waals surface area contributed by atoms with Crippen LogP contribution in [0.3, 0.4) is 0 Å². The van der Waals surface area contributed by atoms with E-state index < -0.39 is 5.60 Å². The van der Waals surface area contributed by atoms with Gasteiger partial charge >= 0.3 is 6.09 Å². The Hall–Kier alpha value is -1.30. The number of nitrogens with zero attached hydrogens (tertiary/aromatic N) is 1. The van der Waals surface area contributed by atoms with Gasteiger partial charge in [-0.1, -0.05) is 0 Å². The summed E-state index contributed by atoms with van der Waals surface area (Å²) in [4.78, 5) is 25.5. The molecule has 0 bridgehead atoms. The van der Waals surface area contributed by atoms with Crippen molar-refractivity contribution in [2.75, 3.05) is 20.1 Å². The van der Waals surface area contributed by atoms with E-state index in [9.17, 15) is 9.59 Å². The molecule has 6 nitrogen and oxygen atoms in total. The van der Waals surface area contributed by atoms with E-state index in [1.165, 1.54) is 0 Å². The SMILES string of the molecule is CNC(=O)CCNC(C)CC1CCCCN1C(=O)OC(C)(C)C. The molecule has 2 unspecified atom stereocenters. The third-order valence-corrected chi connectivity index (χ3v) is 4.00. The molecule has 0 radical (unpaired) electrons. The van der Waals surface area contributed by atoms with Gasteiger partial charge in [-0.15, -0.1) is 0 Å². The van der Waals surface area contributed by atoms with Crippen LogP contribution in [-0.4, -0.2) is 54.7 Å². The highest BCUT2D eigenvalue weighted by molar-refractivity contribution is 5.75. The summed E-state index contributed by atoms with van der Waals surface area (Å²) < 4.78 is 5.53. The predicted molar refractivity (Wildman–Crippen MR) is 91.3 cm³/mol. The van der Waals surface area contributed by atoms with E-state index in [0.29, 0.717) is 13.0 Å². The van der Waals surface area contributed by atoms with Crippen molar-refractivity contribution in [1.82, 2.24) is 15.5 Å². The van der Waals surface area contributed by atoms with Crippen LogP contribution in [0.1, 0.15) is 59.8 Å². The Bertz CT molecular complexity index is 393. The Morgan fingerprint density at radius 1 is 1.30 bits per heavy atom. The molecule has 0 saturated carbocycles. The van der Waals surface area contributed by atoms with Crippen LogP contribution in [-0.2, 0) is 9.53 Å². The standard InChI is InChI=1S/C17H33N3O3/c1-13(19-10-9-15(21)18-5)12-14-8-6-7-11-20(14)16(22)23-17(2,3)4/h13-14,19H,6-12H2,1-5H3,(H,18,21). The molecule has 6 heteroatoms. The molecular formula is C17H33N3O3. The second-order valence-electron chi connectivity index (χ2n) is 7.34. The molecule has 1 saturated heterocycles. The minimum atomic E-state index is -0.462. The molecular weight excluding hydrogens is 294 g/mol. The van der Waals surface area contributed by atoms with Crippen molar-refractivity contribution in [1.29, 1.82) is 0 Å². The van der Waals surface area contributed by atoms with E-state index in [-0.39, 0.29) is 24.1 Å². The van der Waals surface area contributed by atoms with Crippen LogP contribution in [0.5, 0.6) is 0 Å². The number of amides is 2. The number of hydrogen-bond donors (Lipinski definition) is 2. The fourth-order valence-corrected chi connectivity index (χ4v) is 2.86. The van der Waals surface area contributed by atoms with E-state index >= 15 is 0 Å². The lowest BCUT2D eigenvalue weighted by Gasteiger charge is -2.38. The third-order valence-electron chi connectivity index (χ3n) is 4.00. The first kappa shape index (κ1) is 19.7. The molecule has 2 atom stereocenters. The molecule has 134 valence electrons. The van der Waals surface area contributed by atoms with Crippen LogP contribution in [0.25, 0.3) is 0 Å². The quantitative estimate of drug-likeness (QED) is 0.785. The van der Waals surface area contributed by atoms with Gasteiger partial charge in [-0.25, -0.2) is 4.79 Å². The summed E-state index contributed by atoms with van der Waals surface area (Å²) in [6, 6.07) is 0.466. The first-order valence-electron chi connectivity index (χ1n) is 8.66. The van der Waals surface area contributed by atoms with Crippen LogP contribution in [0, 0.1) is 0 Å². The Morgan fingerprint density at radius 2 is 2.00 bits per heavy atom. The summed E-state index contributed by atoms with van der Waals surface area (Å²) in [5.41, 5.74) is -0.462. The summed E-state index contributed by atoms with van der Waals surface area (Å²) in [6.45, 7) is 9.21. The van der Waals surface area contributed by atoms with Crippen LogP contribution in [0.4, 0.5) is 4.79 Å². The maximum absolute atomic E-state index is 12.4. The van der Waals surface area contributed by atoms with Crippen molar-refractivity contribution in [3.8, 4) is 0 Å². The summed E-state index contributed by atoms with van der Waals surface area (Å²) in [6.07, 6.45) is 4.35. The number of piperidine rings is 1. The van der Waals surface area contributed by atoms with Crippen molar-refractivity contribution in [3.05, 3.63) is 0 Å². The van der Waals surface area contributed by atoms with Crippen molar-refractivity contribution >= 4 is 12.0 Å². The Labute approximate surface area is 140 Å². The van der Waals surface area contributed by atoms with E-state index in [1.807, 2.05) is 25.7 Å². The minimum Gasteiger partial charge on any atom is -0.444 e. The fraction of sp³-hybridized carbons (Fsp3) is 0.882. The molecule has 0 aliphatic carbocycles. The number of carbonyl (C=O) groups is 2. The molecule has 2 N–H and O–H groups in total. The van der Waals surface area contributed by atoms with Gasteiger partial charge in [0.25, 0.3) is 0 Å². The molecule has 1 aliphatic heterocycles. The van der Waals surface area contributed by atoms with Crippen LogP contribution in [0.15, 0.2) is 0 Å². The molecule has 1 rings (SSSR count). The van der Waals surface area contributed by atoms with Crippen molar-refractivity contribution in [2.45, 2.75) is 77.5 Å². The molecule has 2 amide bonds. The first-order chi connectivity index (χ1) is 10.7. The molecule has 0 spiro atoms. The van der Waals surface area contributed by atoms with Gasteiger partial charge < -0.3 is 20.3 Å². The lowest BCUT2D eigenvalue weighted by atomic mass is 9.96. The summed E-state index contributed by atoms with van der Waals surface area (Å²) in [7, 11) is 1.65. The molecule has 0 aromatic heterocycles. The van der Waals surface area contributed by atoms with Gasteiger partial charge in [0, 0.05) is 38.6 Å². The van der Waals surface area contributed by atoms with Crippen LogP contribution < -0.4 is 10.6 Å². The fourth-order valence-electron chi connectivity index (χ4n) is 2.86. The van der Waals surface area contributed by atoms with Gasteiger partial charge in [-0.2, -0.15) is 0 Å². The number of nitrogens with one attached hydrogen (secondary N) is 2. The summed E-state index contributed by atoms with van der Waals surface area (Å²) in [5, 5.41) is 5.98. The van der Waals surface area contributed by atoms with Gasteiger partial charge in [0.2, 0.25) is 5.91 Å². The smallest absolute Gasteiger partial charge is 0.410 e. The van der Waals surface area contributed by atoms with Gasteiger partial charge in [-0.05, 0) is 53.4 Å². The highest BCUT2D eigenvalue weighted by atomic mass is 16.6. The van der Waals surface area contributed by atoms with Crippen molar-refractivity contribution < 1.29 is 14.3 Å². The van der Waals surface area contributed by atoms with Crippen LogP contribution in [0.2, 0.25) is 0 Å². The van der Waals surface area contributed by atoms with Gasteiger partial charge in [0.15, 0.2) is 0 Å². The monoisotopic (exact) mass is 327 g/mol. The summed E-state index contributed by atoms with van der Waals surface area (Å²) in [5.74, 6) is 0.0396. The van der Waals surface area contributed by atoms with E-state index in [1.54, 1.807) is 7.05 Å². The molecule has 23 heavy (non-hydrogen) atoms. The average molecular weight is 327 g/mol. The summed E-state index contributed by atoms with van der Waals surface area (Å²) >= 11 is 0. The highest BCUT2D eigenvalue weighted by Gasteiger charge is 2.31. The number of rotatable bonds is 6. The molecule has 0 aromatic carbocycles. The molecule has 0 aromatic rings. The maximum Gasteiger partial charge on any atom is 0.410 e. The van der Waals surface area contributed by atoms with Gasteiger partial charge in [-0.3, -0.25) is 4.79 Å². The zero-order chi connectivity index (χ0) is 17.5. The molecule has 1 fully saturated rings. The largest absolute Gasteiger partial charge is 0.444 e. The van der Waals surface area contributed by atoms with E-state index in [4.69, 9.17) is 4.74 Å². The lowest BCUT2D eigenvalue weighted by Crippen LogP contribution is -2.48. The zero-order valence-electron chi connectivity index (χ0n) is 15.3. The van der Waals surface area contributed by atoms with E-state index in [2.05, 4.69) is 17.6 Å². The number of likely N-dealkylation sites (tertiary alicyclic amines) is 1. The lowest BCUT2D eigenvalue weighted by molar-refractivity contribution is -0.120. The van der Waals surface area contributed by atoms with Gasteiger partial charge in [0.05, 0.1) is 0 Å². The zero-order valence-corrected chi connectivity index (χ0v) is 15.3. The molecule has 1 aliphatic rings. The maximum atomic E-state index is 12.4. The first-order valence-corrected chi connectivity index (χ1v) is 8.66.